The number of hydrogen-bond acceptors (Lipinski definition) is 8. The zero-order valence-electron chi connectivity index (χ0n) is 20.6. The Bertz CT molecular complexity index is 1110. The molecule has 5 aliphatic rings. The third kappa shape index (κ3) is 2.89. The summed E-state index contributed by atoms with van der Waals surface area (Å²) in [4.78, 5) is 50.3. The van der Waals surface area contributed by atoms with E-state index in [2.05, 4.69) is 0 Å². The summed E-state index contributed by atoms with van der Waals surface area (Å²) < 4.78 is 34.8. The Kier molecular flexibility index (Phi) is 5.01. The number of ether oxygens (including phenoxy) is 3. The highest BCUT2D eigenvalue weighted by Gasteiger charge is 2.80. The summed E-state index contributed by atoms with van der Waals surface area (Å²) in [5, 5.41) is 11.5. The molecule has 4 fully saturated rings. The molecule has 8 atom stereocenters. The Labute approximate surface area is 202 Å². The second-order valence-electron chi connectivity index (χ2n) is 11.5. The molecule has 0 aromatic carbocycles. The average molecular weight is 491 g/mol. The van der Waals surface area contributed by atoms with E-state index in [-0.39, 0.29) is 30.6 Å². The van der Waals surface area contributed by atoms with Gasteiger partial charge in [0, 0.05) is 30.3 Å². The van der Waals surface area contributed by atoms with Gasteiger partial charge in [-0.05, 0) is 51.7 Å². The summed E-state index contributed by atoms with van der Waals surface area (Å²) in [5.41, 5.74) is -6.36. The summed E-state index contributed by atoms with van der Waals surface area (Å²) in [7, 11) is 0. The van der Waals surface area contributed by atoms with Gasteiger partial charge in [-0.2, -0.15) is 0 Å². The van der Waals surface area contributed by atoms with Gasteiger partial charge in [-0.25, -0.2) is 4.39 Å². The Balaban J connectivity index is 1.63. The van der Waals surface area contributed by atoms with E-state index in [1.54, 1.807) is 27.7 Å². The monoisotopic (exact) mass is 490 g/mol. The SMILES string of the molecule is CC(=O)OCC(=O)[C@]12OC(C)(C)O[C@@H]1C[C@H]1[C@@H]3CC(=O)C4=CC(=O)C=C[C@]4(C)[C@@]3(F)[C@@H](O)C[C@@]12C. The standard InChI is InChI=1S/C26H31FO8/c1-13(28)33-12-20(32)26-21(34-22(2,3)35-26)10-15-16-9-18(30)17-8-14(29)6-7-23(17,4)25(16,27)19(31)11-24(15,26)5/h6-8,15-16,19,21,31H,9-12H2,1-5H3/t15-,16-,19-,21+,23-,24-,25-,26-/m0/s1. The molecule has 35 heavy (non-hydrogen) atoms. The molecule has 0 radical (unpaired) electrons. The van der Waals surface area contributed by atoms with Gasteiger partial charge in [0.05, 0.1) is 17.6 Å². The first kappa shape index (κ1) is 24.5. The molecule has 4 aliphatic carbocycles. The molecule has 9 heteroatoms. The van der Waals surface area contributed by atoms with E-state index in [0.29, 0.717) is 0 Å². The fraction of sp³-hybridized carbons (Fsp3) is 0.692. The molecule has 1 saturated heterocycles. The number of rotatable bonds is 3. The molecule has 190 valence electrons. The summed E-state index contributed by atoms with van der Waals surface area (Å²) in [6.45, 7) is 7.33. The van der Waals surface area contributed by atoms with Crippen molar-refractivity contribution >= 4 is 23.3 Å². The molecule has 0 aromatic heterocycles. The van der Waals surface area contributed by atoms with Crippen molar-refractivity contribution in [1.29, 1.82) is 0 Å². The predicted molar refractivity (Wildman–Crippen MR) is 119 cm³/mol. The topological polar surface area (TPSA) is 116 Å². The van der Waals surface area contributed by atoms with Crippen LogP contribution in [0.25, 0.3) is 0 Å². The Morgan fingerprint density at radius 2 is 1.89 bits per heavy atom. The number of carbonyl (C=O) groups is 4. The van der Waals surface area contributed by atoms with Gasteiger partial charge in [-0.1, -0.05) is 13.0 Å². The maximum atomic E-state index is 17.3. The first-order valence-corrected chi connectivity index (χ1v) is 12.0. The normalized spacial score (nSPS) is 47.3. The van der Waals surface area contributed by atoms with Crippen LogP contribution in [-0.2, 0) is 33.4 Å². The maximum Gasteiger partial charge on any atom is 0.303 e. The van der Waals surface area contributed by atoms with Crippen LogP contribution in [-0.4, -0.2) is 64.3 Å². The molecular weight excluding hydrogens is 459 g/mol. The van der Waals surface area contributed by atoms with Crippen molar-refractivity contribution in [2.45, 2.75) is 83.1 Å². The number of esters is 1. The number of hydrogen-bond donors (Lipinski definition) is 1. The maximum absolute atomic E-state index is 17.3. The minimum absolute atomic E-state index is 0.0684. The van der Waals surface area contributed by atoms with Crippen LogP contribution >= 0.6 is 0 Å². The van der Waals surface area contributed by atoms with Gasteiger partial charge < -0.3 is 19.3 Å². The number of alkyl halides is 1. The minimum atomic E-state index is -2.25. The van der Waals surface area contributed by atoms with Crippen LogP contribution in [0.2, 0.25) is 0 Å². The zero-order valence-corrected chi connectivity index (χ0v) is 20.6. The molecule has 3 saturated carbocycles. The summed E-state index contributed by atoms with van der Waals surface area (Å²) >= 11 is 0. The first-order chi connectivity index (χ1) is 16.1. The van der Waals surface area contributed by atoms with E-state index < -0.39 is 76.1 Å². The summed E-state index contributed by atoms with van der Waals surface area (Å²) in [6, 6.07) is 0. The van der Waals surface area contributed by atoms with Gasteiger partial charge in [0.15, 0.2) is 35.2 Å². The number of fused-ring (bicyclic) bond motifs is 7. The number of aliphatic hydroxyl groups is 1. The van der Waals surface area contributed by atoms with Crippen molar-refractivity contribution in [2.24, 2.45) is 22.7 Å². The lowest BCUT2D eigenvalue weighted by atomic mass is 9.44. The number of carbonyl (C=O) groups excluding carboxylic acids is 4. The van der Waals surface area contributed by atoms with E-state index in [1.165, 1.54) is 25.2 Å². The summed E-state index contributed by atoms with van der Waals surface area (Å²) in [6.07, 6.45) is 1.37. The molecule has 1 N–H and O–H groups in total. The van der Waals surface area contributed by atoms with Gasteiger partial charge >= 0.3 is 5.97 Å². The lowest BCUT2D eigenvalue weighted by Crippen LogP contribution is -2.71. The van der Waals surface area contributed by atoms with E-state index >= 15 is 4.39 Å². The van der Waals surface area contributed by atoms with Gasteiger partial charge in [0.25, 0.3) is 0 Å². The molecule has 0 spiro atoms. The van der Waals surface area contributed by atoms with Crippen molar-refractivity contribution in [1.82, 2.24) is 0 Å². The highest BCUT2D eigenvalue weighted by atomic mass is 19.1. The van der Waals surface area contributed by atoms with Gasteiger partial charge in [-0.3, -0.25) is 19.2 Å². The fourth-order valence-corrected chi connectivity index (χ4v) is 7.91. The van der Waals surface area contributed by atoms with E-state index in [0.717, 1.165) is 0 Å². The molecule has 1 aliphatic heterocycles. The van der Waals surface area contributed by atoms with Crippen molar-refractivity contribution in [2.75, 3.05) is 6.61 Å². The van der Waals surface area contributed by atoms with Gasteiger partial charge in [-0.15, -0.1) is 0 Å². The zero-order chi connectivity index (χ0) is 25.8. The number of Topliss-reactive ketones (excluding diaryl/α,β-unsaturated/α-hetero) is 2. The van der Waals surface area contributed by atoms with Crippen LogP contribution in [0.15, 0.2) is 23.8 Å². The van der Waals surface area contributed by atoms with Crippen LogP contribution in [0.5, 0.6) is 0 Å². The van der Waals surface area contributed by atoms with E-state index in [9.17, 15) is 24.3 Å². The Morgan fingerprint density at radius 3 is 2.54 bits per heavy atom. The Morgan fingerprint density at radius 1 is 1.20 bits per heavy atom. The minimum Gasteiger partial charge on any atom is -0.458 e. The van der Waals surface area contributed by atoms with Crippen LogP contribution in [0, 0.1) is 22.7 Å². The average Bonchev–Trinajstić information content (AvgIpc) is 3.16. The molecule has 0 unspecified atom stereocenters. The number of aliphatic hydroxyl groups excluding tert-OH is 1. The lowest BCUT2D eigenvalue weighted by Gasteiger charge is -2.62. The Hall–Kier alpha value is -2.23. The second kappa shape index (κ2) is 7.17. The third-order valence-corrected chi connectivity index (χ3v) is 9.30. The van der Waals surface area contributed by atoms with Crippen LogP contribution in [0.4, 0.5) is 4.39 Å². The second-order valence-corrected chi connectivity index (χ2v) is 11.5. The fourth-order valence-electron chi connectivity index (χ4n) is 7.91. The van der Waals surface area contributed by atoms with Crippen LogP contribution < -0.4 is 0 Å². The molecule has 0 bridgehead atoms. The lowest BCUT2D eigenvalue weighted by molar-refractivity contribution is -0.245. The van der Waals surface area contributed by atoms with Crippen molar-refractivity contribution < 1.29 is 42.9 Å². The summed E-state index contributed by atoms with van der Waals surface area (Å²) in [5.74, 6) is -4.49. The van der Waals surface area contributed by atoms with Crippen LogP contribution in [0.1, 0.15) is 53.9 Å². The molecule has 0 aromatic rings. The number of halogens is 1. The predicted octanol–water partition coefficient (Wildman–Crippen LogP) is 2.17. The number of ketones is 3. The molecule has 5 rings (SSSR count). The van der Waals surface area contributed by atoms with Crippen molar-refractivity contribution in [3.63, 3.8) is 0 Å². The van der Waals surface area contributed by atoms with E-state index in [1.807, 2.05) is 0 Å². The van der Waals surface area contributed by atoms with E-state index in [4.69, 9.17) is 14.2 Å². The van der Waals surface area contributed by atoms with Crippen molar-refractivity contribution in [3.05, 3.63) is 23.8 Å². The highest BCUT2D eigenvalue weighted by Crippen LogP contribution is 2.72. The van der Waals surface area contributed by atoms with Crippen molar-refractivity contribution in [3.8, 4) is 0 Å². The molecule has 1 heterocycles. The smallest absolute Gasteiger partial charge is 0.303 e. The molecule has 0 amide bonds. The quantitative estimate of drug-likeness (QED) is 0.599. The first-order valence-electron chi connectivity index (χ1n) is 12.0. The number of allylic oxidation sites excluding steroid dienone is 4. The largest absolute Gasteiger partial charge is 0.458 e. The third-order valence-electron chi connectivity index (χ3n) is 9.30. The van der Waals surface area contributed by atoms with Gasteiger partial charge in [0.2, 0.25) is 5.78 Å². The van der Waals surface area contributed by atoms with Gasteiger partial charge in [0.1, 0.15) is 0 Å². The molecular formula is C26H31FO8. The van der Waals surface area contributed by atoms with Crippen LogP contribution in [0.3, 0.4) is 0 Å². The molecule has 8 nitrogen and oxygen atoms in total. The highest BCUT2D eigenvalue weighted by molar-refractivity contribution is 6.10.